The maximum absolute atomic E-state index is 13.7. The summed E-state index contributed by atoms with van der Waals surface area (Å²) in [5.41, 5.74) is 1.54. The SMILES string of the molecule is Cc1c(Cl)cccc1NC(=O)CSc1nnc(CC(=O)Nc2ccccc2F)n1C. The molecule has 0 atom stereocenters. The predicted octanol–water partition coefficient (Wildman–Crippen LogP) is 3.83. The molecule has 0 saturated carbocycles. The molecule has 3 aromatic rings. The highest BCUT2D eigenvalue weighted by molar-refractivity contribution is 7.99. The summed E-state index contributed by atoms with van der Waals surface area (Å²) in [6, 6.07) is 11.2. The smallest absolute Gasteiger partial charge is 0.234 e. The molecule has 2 aromatic carbocycles. The van der Waals surface area contributed by atoms with Gasteiger partial charge in [0, 0.05) is 17.8 Å². The summed E-state index contributed by atoms with van der Waals surface area (Å²) in [5, 5.41) is 14.4. The zero-order chi connectivity index (χ0) is 21.7. The van der Waals surface area contributed by atoms with Crippen molar-refractivity contribution in [2.45, 2.75) is 18.5 Å². The Morgan fingerprint density at radius 3 is 2.53 bits per heavy atom. The molecule has 0 unspecified atom stereocenters. The number of carbonyl (C=O) groups excluding carboxylic acids is 2. The van der Waals surface area contributed by atoms with E-state index in [-0.39, 0.29) is 23.8 Å². The Morgan fingerprint density at radius 2 is 1.77 bits per heavy atom. The number of amides is 2. The van der Waals surface area contributed by atoms with Gasteiger partial charge in [0.05, 0.1) is 17.9 Å². The Labute approximate surface area is 182 Å². The Kier molecular flexibility index (Phi) is 7.07. The lowest BCUT2D eigenvalue weighted by molar-refractivity contribution is -0.116. The van der Waals surface area contributed by atoms with Crippen molar-refractivity contribution in [1.29, 1.82) is 0 Å². The van der Waals surface area contributed by atoms with Crippen LogP contribution in [0.1, 0.15) is 11.4 Å². The van der Waals surface area contributed by atoms with Crippen molar-refractivity contribution in [2.75, 3.05) is 16.4 Å². The van der Waals surface area contributed by atoms with Gasteiger partial charge in [-0.15, -0.1) is 10.2 Å². The molecule has 0 radical (unpaired) electrons. The van der Waals surface area contributed by atoms with E-state index in [2.05, 4.69) is 20.8 Å². The maximum atomic E-state index is 13.7. The first-order chi connectivity index (χ1) is 14.3. The first-order valence-corrected chi connectivity index (χ1v) is 10.3. The molecule has 3 rings (SSSR count). The molecule has 7 nitrogen and oxygen atoms in total. The summed E-state index contributed by atoms with van der Waals surface area (Å²) in [5.74, 6) is -0.633. The largest absolute Gasteiger partial charge is 0.325 e. The van der Waals surface area contributed by atoms with E-state index in [1.165, 1.54) is 23.9 Å². The van der Waals surface area contributed by atoms with Crippen molar-refractivity contribution >= 4 is 46.6 Å². The van der Waals surface area contributed by atoms with Crippen LogP contribution in [0, 0.1) is 12.7 Å². The maximum Gasteiger partial charge on any atom is 0.234 e. The van der Waals surface area contributed by atoms with Crippen LogP contribution in [-0.4, -0.2) is 32.3 Å². The van der Waals surface area contributed by atoms with E-state index in [1.807, 2.05) is 6.92 Å². The summed E-state index contributed by atoms with van der Waals surface area (Å²) in [4.78, 5) is 24.4. The summed E-state index contributed by atoms with van der Waals surface area (Å²) in [6.07, 6.45) is -0.0771. The van der Waals surface area contributed by atoms with Crippen molar-refractivity contribution in [3.05, 3.63) is 64.7 Å². The lowest BCUT2D eigenvalue weighted by Crippen LogP contribution is -2.18. The number of carbonyl (C=O) groups is 2. The van der Waals surface area contributed by atoms with Crippen LogP contribution in [0.3, 0.4) is 0 Å². The van der Waals surface area contributed by atoms with Crippen molar-refractivity contribution in [2.24, 2.45) is 7.05 Å². The standard InChI is InChI=1S/C20H19ClFN5O2S/c1-12-13(21)6-5-9-15(12)23-19(29)11-30-20-26-25-17(27(20)2)10-18(28)24-16-8-4-3-7-14(16)22/h3-9H,10-11H2,1-2H3,(H,23,29)(H,24,28). The Hall–Kier alpha value is -2.91. The minimum Gasteiger partial charge on any atom is -0.325 e. The van der Waals surface area contributed by atoms with Gasteiger partial charge in [-0.3, -0.25) is 9.59 Å². The van der Waals surface area contributed by atoms with Gasteiger partial charge in [0.15, 0.2) is 5.16 Å². The molecule has 156 valence electrons. The highest BCUT2D eigenvalue weighted by Gasteiger charge is 2.16. The van der Waals surface area contributed by atoms with Crippen molar-refractivity contribution < 1.29 is 14.0 Å². The number of rotatable bonds is 7. The van der Waals surface area contributed by atoms with Gasteiger partial charge in [-0.25, -0.2) is 4.39 Å². The molecular formula is C20H19ClFN5O2S. The summed E-state index contributed by atoms with van der Waals surface area (Å²) >= 11 is 7.25. The van der Waals surface area contributed by atoms with Crippen LogP contribution >= 0.6 is 23.4 Å². The predicted molar refractivity (Wildman–Crippen MR) is 115 cm³/mol. The molecule has 30 heavy (non-hydrogen) atoms. The minimum atomic E-state index is -0.513. The van der Waals surface area contributed by atoms with Crippen molar-refractivity contribution in [3.63, 3.8) is 0 Å². The number of hydrogen-bond donors (Lipinski definition) is 2. The third-order valence-electron chi connectivity index (χ3n) is 4.27. The highest BCUT2D eigenvalue weighted by Crippen LogP contribution is 2.23. The molecule has 0 aliphatic rings. The summed E-state index contributed by atoms with van der Waals surface area (Å²) in [7, 11) is 1.70. The lowest BCUT2D eigenvalue weighted by atomic mass is 10.2. The van der Waals surface area contributed by atoms with Crippen molar-refractivity contribution in [3.8, 4) is 0 Å². The zero-order valence-corrected chi connectivity index (χ0v) is 17.9. The third kappa shape index (κ3) is 5.37. The van der Waals surface area contributed by atoms with Gasteiger partial charge in [-0.05, 0) is 36.8 Å². The van der Waals surface area contributed by atoms with E-state index in [9.17, 15) is 14.0 Å². The average molecular weight is 448 g/mol. The molecule has 0 aliphatic heterocycles. The number of aromatic nitrogens is 3. The van der Waals surface area contributed by atoms with Gasteiger partial charge in [0.1, 0.15) is 11.6 Å². The number of thioether (sulfide) groups is 1. The van der Waals surface area contributed by atoms with Crippen molar-refractivity contribution in [1.82, 2.24) is 14.8 Å². The normalized spacial score (nSPS) is 10.7. The number of nitrogens with zero attached hydrogens (tertiary/aromatic N) is 3. The molecule has 2 amide bonds. The number of para-hydroxylation sites is 1. The second kappa shape index (κ2) is 9.73. The number of anilines is 2. The van der Waals surface area contributed by atoms with Gasteiger partial charge >= 0.3 is 0 Å². The molecule has 1 heterocycles. The minimum absolute atomic E-state index is 0.0771. The first kappa shape index (κ1) is 21.8. The van der Waals surface area contributed by atoms with E-state index in [4.69, 9.17) is 11.6 Å². The van der Waals surface area contributed by atoms with Gasteiger partial charge in [-0.2, -0.15) is 0 Å². The fraction of sp³-hybridized carbons (Fsp3) is 0.200. The molecule has 0 fully saturated rings. The van der Waals surface area contributed by atoms with Crippen LogP contribution in [0.5, 0.6) is 0 Å². The van der Waals surface area contributed by atoms with Gasteiger partial charge in [0.25, 0.3) is 0 Å². The summed E-state index contributed by atoms with van der Waals surface area (Å²) < 4.78 is 15.3. The molecule has 10 heteroatoms. The fourth-order valence-electron chi connectivity index (χ4n) is 2.58. The van der Waals surface area contributed by atoms with E-state index < -0.39 is 11.7 Å². The zero-order valence-electron chi connectivity index (χ0n) is 16.3. The Balaban J connectivity index is 1.56. The fourth-order valence-corrected chi connectivity index (χ4v) is 3.49. The second-order valence-corrected chi connectivity index (χ2v) is 7.76. The quantitative estimate of drug-likeness (QED) is 0.537. The van der Waals surface area contributed by atoms with Gasteiger partial charge in [-0.1, -0.05) is 41.6 Å². The Bertz CT molecular complexity index is 1090. The van der Waals surface area contributed by atoms with Crippen LogP contribution in [0.2, 0.25) is 5.02 Å². The number of halogens is 2. The first-order valence-electron chi connectivity index (χ1n) is 8.95. The van der Waals surface area contributed by atoms with Crippen LogP contribution in [0.15, 0.2) is 47.6 Å². The van der Waals surface area contributed by atoms with Gasteiger partial charge < -0.3 is 15.2 Å². The molecule has 2 N–H and O–H groups in total. The Morgan fingerprint density at radius 1 is 1.07 bits per heavy atom. The van der Waals surface area contributed by atoms with E-state index in [0.717, 1.165) is 5.56 Å². The molecule has 0 bridgehead atoms. The van der Waals surface area contributed by atoms with E-state index in [0.29, 0.717) is 21.7 Å². The van der Waals surface area contributed by atoms with Crippen LogP contribution in [-0.2, 0) is 23.1 Å². The monoisotopic (exact) mass is 447 g/mol. The average Bonchev–Trinajstić information content (AvgIpc) is 3.05. The third-order valence-corrected chi connectivity index (χ3v) is 5.70. The topological polar surface area (TPSA) is 88.9 Å². The highest BCUT2D eigenvalue weighted by atomic mass is 35.5. The molecule has 0 saturated heterocycles. The number of benzene rings is 2. The van der Waals surface area contributed by atoms with Crippen LogP contribution in [0.25, 0.3) is 0 Å². The summed E-state index contributed by atoms with van der Waals surface area (Å²) in [6.45, 7) is 1.83. The molecule has 1 aromatic heterocycles. The molecule has 0 spiro atoms. The van der Waals surface area contributed by atoms with E-state index >= 15 is 0 Å². The van der Waals surface area contributed by atoms with Crippen LogP contribution in [0.4, 0.5) is 15.8 Å². The van der Waals surface area contributed by atoms with Gasteiger partial charge in [0.2, 0.25) is 11.8 Å². The number of nitrogens with one attached hydrogen (secondary N) is 2. The molecule has 0 aliphatic carbocycles. The second-order valence-electron chi connectivity index (χ2n) is 6.41. The van der Waals surface area contributed by atoms with E-state index in [1.54, 1.807) is 41.9 Å². The van der Waals surface area contributed by atoms with Crippen LogP contribution < -0.4 is 10.6 Å². The molecular weight excluding hydrogens is 429 g/mol. The lowest BCUT2D eigenvalue weighted by Gasteiger charge is -2.09. The number of hydrogen-bond acceptors (Lipinski definition) is 5.